The van der Waals surface area contributed by atoms with Crippen LogP contribution in [0.4, 0.5) is 0 Å². The van der Waals surface area contributed by atoms with Crippen molar-refractivity contribution in [2.24, 2.45) is 5.92 Å². The van der Waals surface area contributed by atoms with Crippen LogP contribution in [0.3, 0.4) is 0 Å². The molecule has 0 saturated carbocycles. The first kappa shape index (κ1) is 10.7. The second-order valence-electron chi connectivity index (χ2n) is 2.79. The zero-order chi connectivity index (χ0) is 7.40. The van der Waals surface area contributed by atoms with Gasteiger partial charge in [0, 0.05) is 6.42 Å². The molecule has 0 atom stereocenters. The fourth-order valence-corrected chi connectivity index (χ4v) is 1.33. The minimum absolute atomic E-state index is 0. The van der Waals surface area contributed by atoms with Crippen LogP contribution in [0.25, 0.3) is 0 Å². The van der Waals surface area contributed by atoms with Crippen molar-refractivity contribution < 1.29 is 9.90 Å². The van der Waals surface area contributed by atoms with Gasteiger partial charge in [-0.2, -0.15) is 0 Å². The van der Waals surface area contributed by atoms with Crippen molar-refractivity contribution in [3.8, 4) is 0 Å². The second-order valence-corrected chi connectivity index (χ2v) is 2.79. The number of rotatable bonds is 2. The Morgan fingerprint density at radius 1 is 1.45 bits per heavy atom. The normalized spacial score (nSPS) is 18.9. The largest absolute Gasteiger partial charge is 0.481 e. The number of aliphatic carboxylic acids is 1. The minimum atomic E-state index is -0.660. The SMILES string of the molecule is Cl.O=C(O)CC1CCNCC1. The van der Waals surface area contributed by atoms with Crippen molar-refractivity contribution in [2.75, 3.05) is 13.1 Å². The Morgan fingerprint density at radius 2 is 2.00 bits per heavy atom. The molecule has 1 heterocycles. The molecular formula is C7H14ClNO2. The van der Waals surface area contributed by atoms with Gasteiger partial charge in [0.2, 0.25) is 0 Å². The zero-order valence-electron chi connectivity index (χ0n) is 6.38. The Labute approximate surface area is 72.6 Å². The Kier molecular flexibility index (Phi) is 5.24. The summed E-state index contributed by atoms with van der Waals surface area (Å²) in [4.78, 5) is 10.2. The van der Waals surface area contributed by atoms with E-state index >= 15 is 0 Å². The summed E-state index contributed by atoms with van der Waals surface area (Å²) in [7, 11) is 0. The number of hydrogen-bond donors (Lipinski definition) is 2. The van der Waals surface area contributed by atoms with E-state index in [-0.39, 0.29) is 12.4 Å². The molecule has 1 fully saturated rings. The van der Waals surface area contributed by atoms with Gasteiger partial charge in [-0.3, -0.25) is 4.79 Å². The Morgan fingerprint density at radius 3 is 2.45 bits per heavy atom. The predicted molar refractivity (Wildman–Crippen MR) is 45.1 cm³/mol. The molecule has 11 heavy (non-hydrogen) atoms. The van der Waals surface area contributed by atoms with Gasteiger partial charge in [0.05, 0.1) is 0 Å². The lowest BCUT2D eigenvalue weighted by atomic mass is 9.95. The van der Waals surface area contributed by atoms with Gasteiger partial charge in [0.15, 0.2) is 0 Å². The van der Waals surface area contributed by atoms with E-state index < -0.39 is 5.97 Å². The molecular weight excluding hydrogens is 166 g/mol. The number of halogens is 1. The number of carboxylic acids is 1. The molecule has 0 unspecified atom stereocenters. The summed E-state index contributed by atoms with van der Waals surface area (Å²) in [6, 6.07) is 0. The van der Waals surface area contributed by atoms with Crippen LogP contribution in [0.1, 0.15) is 19.3 Å². The first-order valence-electron chi connectivity index (χ1n) is 3.71. The van der Waals surface area contributed by atoms with Crippen molar-refractivity contribution in [1.82, 2.24) is 5.32 Å². The highest BCUT2D eigenvalue weighted by atomic mass is 35.5. The van der Waals surface area contributed by atoms with Gasteiger partial charge in [-0.15, -0.1) is 12.4 Å². The van der Waals surface area contributed by atoms with Gasteiger partial charge in [-0.1, -0.05) is 0 Å². The van der Waals surface area contributed by atoms with E-state index in [1.807, 2.05) is 0 Å². The third kappa shape index (κ3) is 4.22. The number of carboxylic acid groups (broad SMARTS) is 1. The van der Waals surface area contributed by atoms with Crippen LogP contribution in [0.15, 0.2) is 0 Å². The van der Waals surface area contributed by atoms with E-state index in [9.17, 15) is 4.79 Å². The van der Waals surface area contributed by atoms with E-state index in [1.54, 1.807) is 0 Å². The van der Waals surface area contributed by atoms with Crippen LogP contribution < -0.4 is 5.32 Å². The predicted octanol–water partition coefficient (Wildman–Crippen LogP) is 0.882. The lowest BCUT2D eigenvalue weighted by Gasteiger charge is -2.20. The Bertz CT molecular complexity index is 124. The molecule has 0 aliphatic carbocycles. The lowest BCUT2D eigenvalue weighted by molar-refractivity contribution is -0.138. The molecule has 0 radical (unpaired) electrons. The molecule has 0 amide bonds. The van der Waals surface area contributed by atoms with Crippen molar-refractivity contribution >= 4 is 18.4 Å². The molecule has 1 aliphatic heterocycles. The van der Waals surface area contributed by atoms with Crippen molar-refractivity contribution in [3.05, 3.63) is 0 Å². The smallest absolute Gasteiger partial charge is 0.303 e. The van der Waals surface area contributed by atoms with Crippen LogP contribution in [0.5, 0.6) is 0 Å². The topological polar surface area (TPSA) is 49.3 Å². The van der Waals surface area contributed by atoms with E-state index in [1.165, 1.54) is 0 Å². The third-order valence-corrected chi connectivity index (χ3v) is 1.92. The first-order valence-corrected chi connectivity index (χ1v) is 3.71. The molecule has 0 bridgehead atoms. The van der Waals surface area contributed by atoms with Crippen LogP contribution in [-0.4, -0.2) is 24.2 Å². The molecule has 1 saturated heterocycles. The highest BCUT2D eigenvalue weighted by molar-refractivity contribution is 5.85. The summed E-state index contributed by atoms with van der Waals surface area (Å²) in [5.74, 6) is -0.245. The fraction of sp³-hybridized carbons (Fsp3) is 0.857. The average Bonchev–Trinajstić information content (AvgIpc) is 1.88. The molecule has 66 valence electrons. The molecule has 1 rings (SSSR count). The monoisotopic (exact) mass is 179 g/mol. The Balaban J connectivity index is 0.000001000. The van der Waals surface area contributed by atoms with Crippen LogP contribution in [0, 0.1) is 5.92 Å². The standard InChI is InChI=1S/C7H13NO2.ClH/c9-7(10)5-6-1-3-8-4-2-6;/h6,8H,1-5H2,(H,9,10);1H. The highest BCUT2D eigenvalue weighted by Crippen LogP contribution is 2.14. The zero-order valence-corrected chi connectivity index (χ0v) is 7.19. The van der Waals surface area contributed by atoms with Gasteiger partial charge < -0.3 is 10.4 Å². The van der Waals surface area contributed by atoms with Crippen LogP contribution >= 0.6 is 12.4 Å². The summed E-state index contributed by atoms with van der Waals surface area (Å²) in [5, 5.41) is 11.6. The number of hydrogen-bond acceptors (Lipinski definition) is 2. The van der Waals surface area contributed by atoms with Crippen molar-refractivity contribution in [2.45, 2.75) is 19.3 Å². The van der Waals surface area contributed by atoms with Crippen molar-refractivity contribution in [3.63, 3.8) is 0 Å². The summed E-state index contributed by atoms with van der Waals surface area (Å²) in [6.07, 6.45) is 2.39. The number of piperidine rings is 1. The molecule has 0 aromatic heterocycles. The lowest BCUT2D eigenvalue weighted by Crippen LogP contribution is -2.28. The maximum atomic E-state index is 10.2. The first-order chi connectivity index (χ1) is 4.79. The van der Waals surface area contributed by atoms with Crippen molar-refractivity contribution in [1.29, 1.82) is 0 Å². The van der Waals surface area contributed by atoms with Crippen LogP contribution in [0.2, 0.25) is 0 Å². The average molecular weight is 180 g/mol. The molecule has 0 aromatic carbocycles. The summed E-state index contributed by atoms with van der Waals surface area (Å²) >= 11 is 0. The summed E-state index contributed by atoms with van der Waals surface area (Å²) < 4.78 is 0. The molecule has 0 aromatic rings. The van der Waals surface area contributed by atoms with E-state index in [0.29, 0.717) is 12.3 Å². The van der Waals surface area contributed by atoms with Crippen LogP contribution in [-0.2, 0) is 4.79 Å². The number of carbonyl (C=O) groups is 1. The maximum Gasteiger partial charge on any atom is 0.303 e. The molecule has 1 aliphatic rings. The molecule has 0 spiro atoms. The Hall–Kier alpha value is -0.280. The molecule has 2 N–H and O–H groups in total. The fourth-order valence-electron chi connectivity index (χ4n) is 1.33. The molecule has 4 heteroatoms. The second kappa shape index (κ2) is 5.38. The highest BCUT2D eigenvalue weighted by Gasteiger charge is 2.15. The summed E-state index contributed by atoms with van der Waals surface area (Å²) in [5.41, 5.74) is 0. The van der Waals surface area contributed by atoms with Gasteiger partial charge in [-0.25, -0.2) is 0 Å². The van der Waals surface area contributed by atoms with E-state index in [4.69, 9.17) is 5.11 Å². The van der Waals surface area contributed by atoms with Gasteiger partial charge in [0.25, 0.3) is 0 Å². The number of nitrogens with one attached hydrogen (secondary N) is 1. The van der Waals surface area contributed by atoms with E-state index in [0.717, 1.165) is 25.9 Å². The third-order valence-electron chi connectivity index (χ3n) is 1.92. The van der Waals surface area contributed by atoms with Gasteiger partial charge >= 0.3 is 5.97 Å². The van der Waals surface area contributed by atoms with Gasteiger partial charge in [0.1, 0.15) is 0 Å². The molecule has 3 nitrogen and oxygen atoms in total. The quantitative estimate of drug-likeness (QED) is 0.662. The van der Waals surface area contributed by atoms with E-state index in [2.05, 4.69) is 5.32 Å². The minimum Gasteiger partial charge on any atom is -0.481 e. The van der Waals surface area contributed by atoms with Gasteiger partial charge in [-0.05, 0) is 31.8 Å². The maximum absolute atomic E-state index is 10.2. The summed E-state index contributed by atoms with van der Waals surface area (Å²) in [6.45, 7) is 1.97.